The molecular formula is C25H21F4IN5O4P. The van der Waals surface area contributed by atoms with Crippen molar-refractivity contribution in [1.82, 2.24) is 14.8 Å². The van der Waals surface area contributed by atoms with Crippen molar-refractivity contribution >= 4 is 51.4 Å². The summed E-state index contributed by atoms with van der Waals surface area (Å²) in [5.74, 6) is -0.277. The maximum atomic E-state index is 14.0. The van der Waals surface area contributed by atoms with Crippen LogP contribution in [0.1, 0.15) is 11.1 Å². The molecule has 0 aliphatic rings. The molecule has 0 aliphatic heterocycles. The number of halogens is 5. The number of hydrogen-bond acceptors (Lipinski definition) is 8. The van der Waals surface area contributed by atoms with E-state index in [1.54, 1.807) is 25.2 Å². The quantitative estimate of drug-likeness (QED) is 0.0698. The summed E-state index contributed by atoms with van der Waals surface area (Å²) in [6, 6.07) is 11.6. The molecule has 0 spiro atoms. The van der Waals surface area contributed by atoms with E-state index >= 15 is 0 Å². The summed E-state index contributed by atoms with van der Waals surface area (Å²) in [6.07, 6.45) is -1.23. The minimum absolute atomic E-state index is 0.0206. The number of pyridine rings is 1. The molecule has 0 saturated heterocycles. The lowest BCUT2D eigenvalue weighted by atomic mass is 10.0. The second kappa shape index (κ2) is 13.3. The first-order valence-corrected chi connectivity index (χ1v) is 15.5. The number of hydrogen-bond donors (Lipinski definition) is 1. The Hall–Kier alpha value is -3.36. The molecule has 0 fully saturated rings. The van der Waals surface area contributed by atoms with E-state index in [0.29, 0.717) is 28.1 Å². The van der Waals surface area contributed by atoms with Gasteiger partial charge in [0.05, 0.1) is 24.3 Å². The predicted molar refractivity (Wildman–Crippen MR) is 154 cm³/mol. The molecule has 0 bridgehead atoms. The summed E-state index contributed by atoms with van der Waals surface area (Å²) in [4.78, 5) is 22.3. The van der Waals surface area contributed by atoms with E-state index in [-0.39, 0.29) is 41.3 Å². The molecule has 1 atom stereocenters. The van der Waals surface area contributed by atoms with Crippen LogP contribution in [-0.4, -0.2) is 47.7 Å². The number of aromatic nitrogens is 3. The largest absolute Gasteiger partial charge is 0.472 e. The molecule has 0 radical (unpaired) electrons. The second-order valence-corrected chi connectivity index (χ2v) is 9.84. The lowest BCUT2D eigenvalue weighted by molar-refractivity contribution is -0.0498. The van der Waals surface area contributed by atoms with Crippen molar-refractivity contribution in [2.24, 2.45) is 4.99 Å². The zero-order valence-corrected chi connectivity index (χ0v) is 23.8. The van der Waals surface area contributed by atoms with Gasteiger partial charge in [0.25, 0.3) is 12.0 Å². The number of aliphatic imine (C=N–C) groups is 1. The maximum absolute atomic E-state index is 14.0. The van der Waals surface area contributed by atoms with Gasteiger partial charge in [-0.1, -0.05) is 12.1 Å². The first-order chi connectivity index (χ1) is 19.2. The molecular weight excluding hydrogens is 668 g/mol. The fourth-order valence-corrected chi connectivity index (χ4v) is 4.50. The van der Waals surface area contributed by atoms with Gasteiger partial charge in [-0.05, 0) is 57.9 Å². The number of rotatable bonds is 11. The van der Waals surface area contributed by atoms with Crippen molar-refractivity contribution in [2.75, 3.05) is 19.4 Å². The Morgan fingerprint density at radius 2 is 1.88 bits per heavy atom. The van der Waals surface area contributed by atoms with Crippen molar-refractivity contribution in [3.05, 3.63) is 70.0 Å². The zero-order chi connectivity index (χ0) is 28.8. The molecule has 4 rings (SSSR count). The van der Waals surface area contributed by atoms with Crippen molar-refractivity contribution < 1.29 is 31.6 Å². The van der Waals surface area contributed by atoms with Gasteiger partial charge in [0.1, 0.15) is 16.8 Å². The van der Waals surface area contributed by atoms with Crippen molar-refractivity contribution in [3.8, 4) is 28.4 Å². The summed E-state index contributed by atoms with van der Waals surface area (Å²) in [5.41, 5.74) is 7.78. The summed E-state index contributed by atoms with van der Waals surface area (Å²) in [7, 11) is 1.57. The van der Waals surface area contributed by atoms with E-state index < -0.39 is 25.2 Å². The van der Waals surface area contributed by atoms with E-state index in [9.17, 15) is 22.4 Å². The van der Waals surface area contributed by atoms with Crippen LogP contribution in [0.25, 0.3) is 27.8 Å². The van der Waals surface area contributed by atoms with Crippen LogP contribution in [0.4, 0.5) is 23.2 Å². The number of fused-ring (bicyclic) bond motifs is 1. The van der Waals surface area contributed by atoms with Gasteiger partial charge in [0.2, 0.25) is 5.88 Å². The van der Waals surface area contributed by atoms with Crippen LogP contribution in [0.3, 0.4) is 0 Å². The summed E-state index contributed by atoms with van der Waals surface area (Å²) >= 11 is 2.03. The fraction of sp³-hybridized carbons (Fsp3) is 0.200. The average Bonchev–Trinajstić information content (AvgIpc) is 2.92. The SMILES string of the molecule is CN=Cc1cc(-n2nc3c(COPI)cc(OCC(F)F)nc3c(-c3ccc(OC(F)F)cc3)c2=O)ccc1N. The van der Waals surface area contributed by atoms with Gasteiger partial charge in [-0.25, -0.2) is 13.8 Å². The van der Waals surface area contributed by atoms with Gasteiger partial charge in [0, 0.05) is 36.1 Å². The topological polar surface area (TPSA) is 114 Å². The maximum Gasteiger partial charge on any atom is 0.387 e. The lowest BCUT2D eigenvalue weighted by Gasteiger charge is -2.16. The molecule has 15 heteroatoms. The molecule has 2 aromatic heterocycles. The molecule has 210 valence electrons. The Morgan fingerprint density at radius 1 is 1.12 bits per heavy atom. The van der Waals surface area contributed by atoms with E-state index in [1.807, 2.05) is 22.0 Å². The van der Waals surface area contributed by atoms with Gasteiger partial charge >= 0.3 is 6.61 Å². The molecule has 0 amide bonds. The van der Waals surface area contributed by atoms with E-state index in [4.69, 9.17) is 15.0 Å². The highest BCUT2D eigenvalue weighted by Gasteiger charge is 2.21. The Bertz CT molecular complexity index is 1590. The number of nitrogens with two attached hydrogens (primary N) is 1. The molecule has 2 aromatic carbocycles. The molecule has 40 heavy (non-hydrogen) atoms. The van der Waals surface area contributed by atoms with Crippen LogP contribution < -0.4 is 20.8 Å². The molecule has 4 aromatic rings. The third-order valence-corrected chi connectivity index (χ3v) is 6.67. The third-order valence-electron chi connectivity index (χ3n) is 5.48. The molecule has 2 N–H and O–H groups in total. The minimum atomic E-state index is -3.03. The highest BCUT2D eigenvalue weighted by Crippen LogP contribution is 2.32. The average molecular weight is 689 g/mol. The van der Waals surface area contributed by atoms with Gasteiger partial charge in [-0.2, -0.15) is 18.6 Å². The number of alkyl halides is 4. The van der Waals surface area contributed by atoms with Crippen LogP contribution in [0.5, 0.6) is 11.6 Å². The Kier molecular flexibility index (Phi) is 9.87. The van der Waals surface area contributed by atoms with Crippen LogP contribution in [0.15, 0.2) is 58.3 Å². The van der Waals surface area contributed by atoms with E-state index in [2.05, 4.69) is 19.8 Å². The number of nitrogen functional groups attached to an aromatic ring is 1. The van der Waals surface area contributed by atoms with Gasteiger partial charge < -0.3 is 19.7 Å². The first kappa shape index (κ1) is 29.6. The molecule has 0 saturated carbocycles. The summed E-state index contributed by atoms with van der Waals surface area (Å²) < 4.78 is 67.5. The molecule has 9 nitrogen and oxygen atoms in total. The number of nitrogens with zero attached hydrogens (tertiary/aromatic N) is 4. The standard InChI is InChI=1S/C25H21F4IN5O4P/c1-32-10-14-8-16(4-7-18(14)31)35-24(36)21(13-2-5-17(6-3-13)39-25(28)29)23-22(34-35)15(11-38-40-30)9-20(33-23)37-12-19(26)27/h2-10,19,25,40H,11-12,31H2,1H3. The van der Waals surface area contributed by atoms with Gasteiger partial charge in [-0.15, -0.1) is 0 Å². The smallest absolute Gasteiger partial charge is 0.387 e. The second-order valence-electron chi connectivity index (χ2n) is 8.08. The fourth-order valence-electron chi connectivity index (χ4n) is 3.82. The van der Waals surface area contributed by atoms with Crippen molar-refractivity contribution in [2.45, 2.75) is 19.6 Å². The molecule has 2 heterocycles. The Balaban J connectivity index is 2.03. The highest BCUT2D eigenvalue weighted by atomic mass is 127. The predicted octanol–water partition coefficient (Wildman–Crippen LogP) is 5.78. The van der Waals surface area contributed by atoms with Crippen LogP contribution in [0, 0.1) is 0 Å². The zero-order valence-electron chi connectivity index (χ0n) is 20.7. The van der Waals surface area contributed by atoms with Crippen LogP contribution in [0.2, 0.25) is 0 Å². The van der Waals surface area contributed by atoms with Crippen molar-refractivity contribution in [1.29, 1.82) is 0 Å². The Morgan fingerprint density at radius 3 is 2.52 bits per heavy atom. The van der Waals surface area contributed by atoms with Gasteiger partial charge in [0.15, 0.2) is 6.61 Å². The van der Waals surface area contributed by atoms with E-state index in [1.165, 1.54) is 36.5 Å². The van der Waals surface area contributed by atoms with Crippen LogP contribution >= 0.6 is 28.5 Å². The summed E-state index contributed by atoms with van der Waals surface area (Å²) in [6.45, 7) is -3.86. The number of anilines is 1. The number of benzene rings is 2. The first-order valence-electron chi connectivity index (χ1n) is 11.4. The lowest BCUT2D eigenvalue weighted by Crippen LogP contribution is -2.24. The molecule has 0 aliphatic carbocycles. The van der Waals surface area contributed by atoms with E-state index in [0.717, 1.165) is 4.68 Å². The normalized spacial score (nSPS) is 12.0. The summed E-state index contributed by atoms with van der Waals surface area (Å²) in [5, 5.41) is 4.56. The number of ether oxygens (including phenoxy) is 2. The van der Waals surface area contributed by atoms with Gasteiger partial charge in [-0.3, -0.25) is 9.79 Å². The third kappa shape index (κ3) is 6.85. The highest BCUT2D eigenvalue weighted by molar-refractivity contribution is 14.2. The minimum Gasteiger partial charge on any atom is -0.472 e. The monoisotopic (exact) mass is 689 g/mol. The Labute approximate surface area is 239 Å². The molecule has 1 unspecified atom stereocenters. The van der Waals surface area contributed by atoms with Crippen LogP contribution in [-0.2, 0) is 11.1 Å². The van der Waals surface area contributed by atoms with Crippen molar-refractivity contribution in [3.63, 3.8) is 0 Å².